The van der Waals surface area contributed by atoms with Crippen LogP contribution in [-0.2, 0) is 4.74 Å². The minimum Gasteiger partial charge on any atom is -0.379 e. The number of nitrogens with two attached hydrogens (primary N) is 1. The molecule has 0 bridgehead atoms. The molecule has 1 fully saturated rings. The van der Waals surface area contributed by atoms with E-state index in [9.17, 15) is 4.79 Å². The van der Waals surface area contributed by atoms with Crippen molar-refractivity contribution in [3.05, 3.63) is 70.9 Å². The molecule has 2 aromatic carbocycles. The Bertz CT molecular complexity index is 1150. The molecule has 4 rings (SSSR count). The van der Waals surface area contributed by atoms with E-state index in [1.807, 2.05) is 54.4 Å². The van der Waals surface area contributed by atoms with Crippen LogP contribution in [0.5, 0.6) is 0 Å². The highest BCUT2D eigenvalue weighted by Gasteiger charge is 2.17. The van der Waals surface area contributed by atoms with Gasteiger partial charge in [-0.3, -0.25) is 9.69 Å². The third kappa shape index (κ3) is 6.02. The highest BCUT2D eigenvalue weighted by molar-refractivity contribution is 6.30. The number of amides is 1. The Hall–Kier alpha value is -3.20. The number of benzene rings is 2. The van der Waals surface area contributed by atoms with Crippen molar-refractivity contribution >= 4 is 40.6 Å². The van der Waals surface area contributed by atoms with Gasteiger partial charge in [0.05, 0.1) is 13.2 Å². The van der Waals surface area contributed by atoms with Crippen molar-refractivity contribution in [3.8, 4) is 0 Å². The van der Waals surface area contributed by atoms with Crippen molar-refractivity contribution < 1.29 is 9.53 Å². The van der Waals surface area contributed by atoms with Crippen LogP contribution in [0.15, 0.2) is 54.7 Å². The van der Waals surface area contributed by atoms with Gasteiger partial charge >= 0.3 is 0 Å². The maximum atomic E-state index is 12.0. The average molecular weight is 481 g/mol. The molecule has 178 valence electrons. The summed E-state index contributed by atoms with van der Waals surface area (Å²) in [6.45, 7) is 6.34. The van der Waals surface area contributed by atoms with Gasteiger partial charge in [0.15, 0.2) is 0 Å². The van der Waals surface area contributed by atoms with Crippen LogP contribution in [0.25, 0.3) is 0 Å². The summed E-state index contributed by atoms with van der Waals surface area (Å²) in [5.74, 6) is 0.851. The molecular formula is C25H29ClN6O2. The SMILES string of the molecule is CC(CN1CCOCC1)c1cc(Nc2nccc(N(C)c3cccc(Cl)c3)n2)cc(C(N)=O)c1. The van der Waals surface area contributed by atoms with E-state index in [-0.39, 0.29) is 5.92 Å². The van der Waals surface area contributed by atoms with Crippen LogP contribution in [0.2, 0.25) is 5.02 Å². The number of hydrogen-bond acceptors (Lipinski definition) is 7. The third-order valence-electron chi connectivity index (χ3n) is 5.88. The van der Waals surface area contributed by atoms with E-state index >= 15 is 0 Å². The van der Waals surface area contributed by atoms with E-state index in [2.05, 4.69) is 27.1 Å². The first-order valence-electron chi connectivity index (χ1n) is 11.2. The Morgan fingerprint density at radius 2 is 2.03 bits per heavy atom. The molecule has 1 amide bonds. The van der Waals surface area contributed by atoms with Gasteiger partial charge in [-0.1, -0.05) is 24.6 Å². The fourth-order valence-corrected chi connectivity index (χ4v) is 4.15. The quantitative estimate of drug-likeness (QED) is 0.499. The molecule has 1 aliphatic heterocycles. The van der Waals surface area contributed by atoms with E-state index < -0.39 is 5.91 Å². The smallest absolute Gasteiger partial charge is 0.248 e. The molecule has 0 saturated carbocycles. The molecule has 9 heteroatoms. The zero-order valence-corrected chi connectivity index (χ0v) is 20.1. The zero-order chi connectivity index (χ0) is 24.1. The molecule has 3 N–H and O–H groups in total. The van der Waals surface area contributed by atoms with Gasteiger partial charge in [0, 0.05) is 54.8 Å². The van der Waals surface area contributed by atoms with E-state index in [1.165, 1.54) is 0 Å². The largest absolute Gasteiger partial charge is 0.379 e. The number of anilines is 4. The maximum Gasteiger partial charge on any atom is 0.248 e. The molecule has 0 aliphatic carbocycles. The maximum absolute atomic E-state index is 12.0. The Balaban J connectivity index is 1.56. The second-order valence-corrected chi connectivity index (χ2v) is 8.86. The van der Waals surface area contributed by atoms with Crippen LogP contribution in [0.1, 0.15) is 28.8 Å². The molecular weight excluding hydrogens is 452 g/mol. The minimum atomic E-state index is -0.473. The molecule has 1 aromatic heterocycles. The summed E-state index contributed by atoms with van der Waals surface area (Å²) < 4.78 is 5.45. The standard InChI is InChI=1S/C25H29ClN6O2/c1-17(16-32-8-10-34-11-9-32)18-12-19(24(27)33)14-21(13-18)29-25-28-7-6-23(30-25)31(2)22-5-3-4-20(26)15-22/h3-7,12-15,17H,8-11,16H2,1-2H3,(H2,27,33)(H,28,29,30). The number of rotatable bonds is 8. The van der Waals surface area contributed by atoms with Crippen LogP contribution < -0.4 is 16.0 Å². The molecule has 2 heterocycles. The van der Waals surface area contributed by atoms with Gasteiger partial charge in [0.2, 0.25) is 11.9 Å². The van der Waals surface area contributed by atoms with Gasteiger partial charge in [-0.05, 0) is 53.9 Å². The van der Waals surface area contributed by atoms with Gasteiger partial charge in [0.1, 0.15) is 5.82 Å². The molecule has 0 radical (unpaired) electrons. The molecule has 3 aromatic rings. The van der Waals surface area contributed by atoms with Crippen molar-refractivity contribution in [2.24, 2.45) is 5.73 Å². The number of morpholine rings is 1. The molecule has 0 spiro atoms. The number of carbonyl (C=O) groups is 1. The number of halogens is 1. The first-order valence-corrected chi connectivity index (χ1v) is 11.6. The number of nitrogens with zero attached hydrogens (tertiary/aromatic N) is 4. The van der Waals surface area contributed by atoms with Crippen molar-refractivity contribution in [3.63, 3.8) is 0 Å². The monoisotopic (exact) mass is 480 g/mol. The van der Waals surface area contributed by atoms with E-state index in [4.69, 9.17) is 22.1 Å². The summed E-state index contributed by atoms with van der Waals surface area (Å²) >= 11 is 6.14. The van der Waals surface area contributed by atoms with Crippen molar-refractivity contribution in [2.45, 2.75) is 12.8 Å². The number of nitrogens with one attached hydrogen (secondary N) is 1. The fourth-order valence-electron chi connectivity index (χ4n) is 3.97. The number of hydrogen-bond donors (Lipinski definition) is 2. The summed E-state index contributed by atoms with van der Waals surface area (Å²) in [6, 6.07) is 15.0. The van der Waals surface area contributed by atoms with Gasteiger partial charge < -0.3 is 20.7 Å². The van der Waals surface area contributed by atoms with Crippen molar-refractivity contribution in [1.29, 1.82) is 0 Å². The summed E-state index contributed by atoms with van der Waals surface area (Å²) in [5, 5.41) is 3.89. The fraction of sp³-hybridized carbons (Fsp3) is 0.320. The first-order chi connectivity index (χ1) is 16.4. The van der Waals surface area contributed by atoms with Crippen LogP contribution in [0.4, 0.5) is 23.1 Å². The Morgan fingerprint density at radius 1 is 1.24 bits per heavy atom. The second-order valence-electron chi connectivity index (χ2n) is 8.42. The second kappa shape index (κ2) is 10.8. The lowest BCUT2D eigenvalue weighted by Gasteiger charge is -2.29. The Labute approximate surface area is 204 Å². The van der Waals surface area contributed by atoms with Crippen LogP contribution in [0, 0.1) is 0 Å². The Morgan fingerprint density at radius 3 is 2.76 bits per heavy atom. The number of aromatic nitrogens is 2. The minimum absolute atomic E-state index is 0.208. The molecule has 1 aliphatic rings. The molecule has 34 heavy (non-hydrogen) atoms. The van der Waals surface area contributed by atoms with E-state index in [1.54, 1.807) is 12.3 Å². The van der Waals surface area contributed by atoms with Crippen molar-refractivity contribution in [2.75, 3.05) is 50.1 Å². The van der Waals surface area contributed by atoms with Crippen LogP contribution in [-0.4, -0.2) is 60.7 Å². The summed E-state index contributed by atoms with van der Waals surface area (Å²) in [6.07, 6.45) is 1.69. The highest BCUT2D eigenvalue weighted by atomic mass is 35.5. The highest BCUT2D eigenvalue weighted by Crippen LogP contribution is 2.27. The zero-order valence-electron chi connectivity index (χ0n) is 19.4. The normalized spacial score (nSPS) is 15.0. The molecule has 8 nitrogen and oxygen atoms in total. The van der Waals surface area contributed by atoms with E-state index in [0.29, 0.717) is 28.0 Å². The lowest BCUT2D eigenvalue weighted by atomic mass is 9.97. The predicted molar refractivity (Wildman–Crippen MR) is 135 cm³/mol. The lowest BCUT2D eigenvalue weighted by Crippen LogP contribution is -2.38. The number of ether oxygens (including phenoxy) is 1. The topological polar surface area (TPSA) is 96.6 Å². The summed E-state index contributed by atoms with van der Waals surface area (Å²) in [4.78, 5) is 25.3. The summed E-state index contributed by atoms with van der Waals surface area (Å²) in [5.41, 5.74) is 8.72. The van der Waals surface area contributed by atoms with Crippen molar-refractivity contribution in [1.82, 2.24) is 14.9 Å². The van der Waals surface area contributed by atoms with E-state index in [0.717, 1.165) is 44.1 Å². The number of primary amides is 1. The lowest BCUT2D eigenvalue weighted by molar-refractivity contribution is 0.0357. The van der Waals surface area contributed by atoms with Gasteiger partial charge in [0.25, 0.3) is 0 Å². The van der Waals surface area contributed by atoms with Crippen LogP contribution in [0.3, 0.4) is 0 Å². The van der Waals surface area contributed by atoms with Gasteiger partial charge in [-0.15, -0.1) is 0 Å². The van der Waals surface area contributed by atoms with Gasteiger partial charge in [-0.2, -0.15) is 4.98 Å². The summed E-state index contributed by atoms with van der Waals surface area (Å²) in [7, 11) is 1.91. The third-order valence-corrected chi connectivity index (χ3v) is 6.12. The van der Waals surface area contributed by atoms with Crippen LogP contribution >= 0.6 is 11.6 Å². The molecule has 1 saturated heterocycles. The average Bonchev–Trinajstić information content (AvgIpc) is 2.84. The molecule has 1 atom stereocenters. The number of carbonyl (C=O) groups excluding carboxylic acids is 1. The first kappa shape index (κ1) is 23.9. The van der Waals surface area contributed by atoms with Gasteiger partial charge in [-0.25, -0.2) is 4.98 Å². The molecule has 1 unspecified atom stereocenters. The predicted octanol–water partition coefficient (Wildman–Crippen LogP) is 4.18. The Kier molecular flexibility index (Phi) is 7.62.